The van der Waals surface area contributed by atoms with Gasteiger partial charge in [-0.3, -0.25) is 14.4 Å². The number of amides is 2. The van der Waals surface area contributed by atoms with Crippen molar-refractivity contribution in [2.24, 2.45) is 11.8 Å². The Morgan fingerprint density at radius 3 is 2.02 bits per heavy atom. The first-order valence-corrected chi connectivity index (χ1v) is 18.6. The van der Waals surface area contributed by atoms with Crippen LogP contribution in [-0.2, 0) is 46.7 Å². The molecule has 0 spiro atoms. The number of hydrogen-bond acceptors (Lipinski definition) is 5. The maximum atomic E-state index is 14.1. The van der Waals surface area contributed by atoms with Gasteiger partial charge in [-0.2, -0.15) is 0 Å². The standard InChI is InChI=1S/C46H46N2O5/c49-40(30-48-39(26-33-14-6-2-7-15-33)27-38(46(48)52)25-32-12-4-1-5-13-32)28-37(45(51)47-44-42-19-11-10-18-36(42)29-43(44)50)24-34-20-22-41(23-21-34)53-31-35-16-8-3-9-17-35/h1-23,37-39,43-44,50H,24-31H2,(H,47,51)/t37-,38+,39+,43-,44?/m1/s1. The van der Waals surface area contributed by atoms with Crippen molar-refractivity contribution in [3.63, 3.8) is 0 Å². The SMILES string of the molecule is O=C(C[C@@H](Cc1ccc(OCc2ccccc2)cc1)C(=O)NC1c2ccccc2C[C@H]1O)CN1C(=O)[C@@H](Cc2ccccc2)C[C@@H]1Cc1ccccc1. The van der Waals surface area contributed by atoms with Gasteiger partial charge < -0.3 is 20.1 Å². The van der Waals surface area contributed by atoms with Crippen molar-refractivity contribution < 1.29 is 24.2 Å². The van der Waals surface area contributed by atoms with Crippen molar-refractivity contribution in [1.29, 1.82) is 0 Å². The minimum atomic E-state index is -0.753. The van der Waals surface area contributed by atoms with Gasteiger partial charge in [0.25, 0.3) is 0 Å². The van der Waals surface area contributed by atoms with E-state index in [0.29, 0.717) is 44.5 Å². The van der Waals surface area contributed by atoms with Gasteiger partial charge in [0.2, 0.25) is 11.8 Å². The lowest BCUT2D eigenvalue weighted by Crippen LogP contribution is -2.42. The number of nitrogens with zero attached hydrogens (tertiary/aromatic N) is 1. The molecule has 270 valence electrons. The fraction of sp³-hybridized carbons (Fsp3) is 0.283. The first-order chi connectivity index (χ1) is 25.9. The van der Waals surface area contributed by atoms with E-state index in [0.717, 1.165) is 33.4 Å². The number of hydrogen-bond donors (Lipinski definition) is 2. The summed E-state index contributed by atoms with van der Waals surface area (Å²) in [4.78, 5) is 43.9. The van der Waals surface area contributed by atoms with Crippen molar-refractivity contribution >= 4 is 17.6 Å². The minimum Gasteiger partial charge on any atom is -0.489 e. The number of benzene rings is 5. The second-order valence-corrected chi connectivity index (χ2v) is 14.5. The molecule has 2 amide bonds. The van der Waals surface area contributed by atoms with Gasteiger partial charge in [0, 0.05) is 30.7 Å². The second-order valence-electron chi connectivity index (χ2n) is 14.5. The maximum absolute atomic E-state index is 14.1. The predicted molar refractivity (Wildman–Crippen MR) is 205 cm³/mol. The molecule has 0 radical (unpaired) electrons. The van der Waals surface area contributed by atoms with E-state index in [1.165, 1.54) is 0 Å². The highest BCUT2D eigenvalue weighted by Gasteiger charge is 2.41. The molecule has 5 aromatic rings. The number of nitrogens with one attached hydrogen (secondary N) is 1. The summed E-state index contributed by atoms with van der Waals surface area (Å²) >= 11 is 0. The number of fused-ring (bicyclic) bond motifs is 1. The number of carbonyl (C=O) groups excluding carboxylic acids is 3. The Balaban J connectivity index is 1.07. The third kappa shape index (κ3) is 9.10. The highest BCUT2D eigenvalue weighted by molar-refractivity contribution is 5.92. The van der Waals surface area contributed by atoms with Crippen LogP contribution in [0.3, 0.4) is 0 Å². The van der Waals surface area contributed by atoms with Gasteiger partial charge in [-0.05, 0) is 71.2 Å². The third-order valence-electron chi connectivity index (χ3n) is 10.6. The number of ketones is 1. The van der Waals surface area contributed by atoms with E-state index in [1.807, 2.05) is 127 Å². The largest absolute Gasteiger partial charge is 0.489 e. The molecule has 0 aromatic heterocycles. The van der Waals surface area contributed by atoms with E-state index < -0.39 is 18.1 Å². The Kier molecular flexibility index (Phi) is 11.4. The summed E-state index contributed by atoms with van der Waals surface area (Å²) in [6.45, 7) is 0.393. The number of ether oxygens (including phenoxy) is 1. The molecular weight excluding hydrogens is 661 g/mol. The first kappa shape index (κ1) is 35.9. The predicted octanol–water partition coefficient (Wildman–Crippen LogP) is 6.86. The normalized spacial score (nSPS) is 19.8. The Morgan fingerprint density at radius 1 is 0.736 bits per heavy atom. The summed E-state index contributed by atoms with van der Waals surface area (Å²) in [6, 6.07) is 44.7. The summed E-state index contributed by atoms with van der Waals surface area (Å²) in [6.07, 6.45) is 1.93. The Hall–Kier alpha value is -5.53. The third-order valence-corrected chi connectivity index (χ3v) is 10.6. The molecule has 1 unspecified atom stereocenters. The molecular formula is C46H46N2O5. The number of carbonyl (C=O) groups is 3. The van der Waals surface area contributed by atoms with Crippen molar-refractivity contribution in [3.8, 4) is 5.75 Å². The van der Waals surface area contributed by atoms with Crippen LogP contribution in [-0.4, -0.2) is 46.3 Å². The van der Waals surface area contributed by atoms with E-state index in [-0.39, 0.29) is 42.5 Å². The van der Waals surface area contributed by atoms with E-state index >= 15 is 0 Å². The van der Waals surface area contributed by atoms with Crippen molar-refractivity contribution in [2.75, 3.05) is 6.54 Å². The number of rotatable bonds is 15. The van der Waals surface area contributed by atoms with E-state index in [1.54, 1.807) is 4.90 Å². The second kappa shape index (κ2) is 16.9. The smallest absolute Gasteiger partial charge is 0.226 e. The van der Waals surface area contributed by atoms with E-state index in [2.05, 4.69) is 17.4 Å². The molecule has 0 bridgehead atoms. The van der Waals surface area contributed by atoms with Crippen LogP contribution in [0, 0.1) is 11.8 Å². The molecule has 1 fully saturated rings. The van der Waals surface area contributed by atoms with E-state index in [4.69, 9.17) is 4.74 Å². The molecule has 2 N–H and O–H groups in total. The Labute approximate surface area is 311 Å². The van der Waals surface area contributed by atoms with E-state index in [9.17, 15) is 19.5 Å². The van der Waals surface area contributed by atoms with Crippen LogP contribution >= 0.6 is 0 Å². The molecule has 7 nitrogen and oxygen atoms in total. The van der Waals surface area contributed by atoms with Gasteiger partial charge in [-0.1, -0.05) is 127 Å². The lowest BCUT2D eigenvalue weighted by Gasteiger charge is -2.26. The van der Waals surface area contributed by atoms with Gasteiger partial charge >= 0.3 is 0 Å². The van der Waals surface area contributed by atoms with Gasteiger partial charge in [-0.15, -0.1) is 0 Å². The fourth-order valence-corrected chi connectivity index (χ4v) is 7.88. The average Bonchev–Trinajstić information content (AvgIpc) is 3.65. The lowest BCUT2D eigenvalue weighted by atomic mass is 9.92. The van der Waals surface area contributed by atoms with Crippen LogP contribution in [0.15, 0.2) is 140 Å². The van der Waals surface area contributed by atoms with Crippen molar-refractivity contribution in [1.82, 2.24) is 10.2 Å². The number of Topliss-reactive ketones (excluding diaryl/α,β-unsaturated/α-hetero) is 1. The number of aliphatic hydroxyl groups excluding tert-OH is 1. The van der Waals surface area contributed by atoms with Crippen LogP contribution in [0.1, 0.15) is 52.3 Å². The molecule has 2 aliphatic rings. The Morgan fingerprint density at radius 2 is 1.34 bits per heavy atom. The lowest BCUT2D eigenvalue weighted by molar-refractivity contribution is -0.137. The molecule has 7 rings (SSSR count). The summed E-state index contributed by atoms with van der Waals surface area (Å²) < 4.78 is 5.98. The molecule has 1 heterocycles. The number of likely N-dealkylation sites (tertiary alicyclic amines) is 1. The number of aliphatic hydroxyl groups is 1. The summed E-state index contributed by atoms with van der Waals surface area (Å²) in [5.41, 5.74) is 6.07. The van der Waals surface area contributed by atoms with Gasteiger partial charge in [0.05, 0.1) is 18.7 Å². The zero-order valence-electron chi connectivity index (χ0n) is 29.9. The highest BCUT2D eigenvalue weighted by atomic mass is 16.5. The molecule has 7 heteroatoms. The summed E-state index contributed by atoms with van der Waals surface area (Å²) in [7, 11) is 0. The maximum Gasteiger partial charge on any atom is 0.226 e. The van der Waals surface area contributed by atoms with Crippen LogP contribution in [0.5, 0.6) is 5.75 Å². The zero-order chi connectivity index (χ0) is 36.6. The van der Waals surface area contributed by atoms with Gasteiger partial charge in [0.15, 0.2) is 5.78 Å². The molecule has 53 heavy (non-hydrogen) atoms. The zero-order valence-corrected chi connectivity index (χ0v) is 29.9. The van der Waals surface area contributed by atoms with Crippen molar-refractivity contribution in [2.45, 2.75) is 63.3 Å². The summed E-state index contributed by atoms with van der Waals surface area (Å²) in [5.74, 6) is -0.678. The van der Waals surface area contributed by atoms with Gasteiger partial charge in [0.1, 0.15) is 12.4 Å². The molecule has 1 saturated heterocycles. The van der Waals surface area contributed by atoms with Crippen LogP contribution in [0.2, 0.25) is 0 Å². The Bertz CT molecular complexity index is 1980. The van der Waals surface area contributed by atoms with Crippen molar-refractivity contribution in [3.05, 3.63) is 173 Å². The monoisotopic (exact) mass is 706 g/mol. The van der Waals surface area contributed by atoms with Crippen LogP contribution in [0.4, 0.5) is 0 Å². The summed E-state index contributed by atoms with van der Waals surface area (Å²) in [5, 5.41) is 14.0. The first-order valence-electron chi connectivity index (χ1n) is 18.6. The van der Waals surface area contributed by atoms with Crippen LogP contribution < -0.4 is 10.1 Å². The molecule has 1 aliphatic carbocycles. The quantitative estimate of drug-likeness (QED) is 0.124. The molecule has 5 aromatic carbocycles. The van der Waals surface area contributed by atoms with Crippen LogP contribution in [0.25, 0.3) is 0 Å². The fourth-order valence-electron chi connectivity index (χ4n) is 7.88. The molecule has 1 aliphatic heterocycles. The van der Waals surface area contributed by atoms with Gasteiger partial charge in [-0.25, -0.2) is 0 Å². The topological polar surface area (TPSA) is 95.9 Å². The highest BCUT2D eigenvalue weighted by Crippen LogP contribution is 2.33. The molecule has 0 saturated carbocycles. The minimum absolute atomic E-state index is 0.0130. The molecule has 5 atom stereocenters. The average molecular weight is 707 g/mol.